The van der Waals surface area contributed by atoms with Crippen LogP contribution < -0.4 is 0 Å². The average Bonchev–Trinajstić information content (AvgIpc) is 2.39. The molecule has 1 atom stereocenters. The van der Waals surface area contributed by atoms with E-state index in [0.29, 0.717) is 12.6 Å². The summed E-state index contributed by atoms with van der Waals surface area (Å²) in [6, 6.07) is 0.402. The first kappa shape index (κ1) is 17.9. The summed E-state index contributed by atoms with van der Waals surface area (Å²) in [5.41, 5.74) is 0. The maximum absolute atomic E-state index is 9.59. The highest BCUT2D eigenvalue weighted by molar-refractivity contribution is 4.71. The fraction of sp³-hybridized carbons (Fsp3) is 1.00. The molecule has 0 bridgehead atoms. The van der Waals surface area contributed by atoms with Crippen LogP contribution >= 0.6 is 0 Å². The first-order valence-electron chi connectivity index (χ1n) is 8.14. The summed E-state index contributed by atoms with van der Waals surface area (Å²) in [6.45, 7) is 9.41. The number of nitrogens with zero attached hydrogens (tertiary/aromatic N) is 1. The summed E-state index contributed by atoms with van der Waals surface area (Å²) in [7, 11) is 0. The van der Waals surface area contributed by atoms with Gasteiger partial charge in [-0.05, 0) is 32.4 Å². The zero-order chi connectivity index (χ0) is 13.6. The van der Waals surface area contributed by atoms with Crippen molar-refractivity contribution in [2.24, 2.45) is 0 Å². The summed E-state index contributed by atoms with van der Waals surface area (Å²) in [5.74, 6) is 0. The highest BCUT2D eigenvalue weighted by Crippen LogP contribution is 2.12. The second-order valence-corrected chi connectivity index (χ2v) is 5.43. The Bertz CT molecular complexity index is 151. The molecule has 0 saturated carbocycles. The third-order valence-electron chi connectivity index (χ3n) is 3.72. The topological polar surface area (TPSA) is 23.5 Å². The molecule has 0 rings (SSSR count). The van der Waals surface area contributed by atoms with E-state index in [1.54, 1.807) is 0 Å². The minimum atomic E-state index is 0.332. The van der Waals surface area contributed by atoms with Gasteiger partial charge in [0.1, 0.15) is 0 Å². The lowest BCUT2D eigenvalue weighted by molar-refractivity contribution is 0.110. The zero-order valence-corrected chi connectivity index (χ0v) is 13.0. The van der Waals surface area contributed by atoms with Gasteiger partial charge in [-0.3, -0.25) is 4.90 Å². The molecule has 0 saturated heterocycles. The van der Waals surface area contributed by atoms with Gasteiger partial charge < -0.3 is 5.11 Å². The van der Waals surface area contributed by atoms with E-state index in [1.165, 1.54) is 64.5 Å². The Morgan fingerprint density at radius 1 is 0.778 bits per heavy atom. The molecular formula is C16H35NO. The maximum atomic E-state index is 9.59. The number of rotatable bonds is 13. The van der Waals surface area contributed by atoms with E-state index in [4.69, 9.17) is 0 Å². The third kappa shape index (κ3) is 8.93. The molecule has 0 spiro atoms. The van der Waals surface area contributed by atoms with Gasteiger partial charge in [0.2, 0.25) is 0 Å². The molecule has 0 heterocycles. The molecule has 0 aliphatic heterocycles. The van der Waals surface area contributed by atoms with Gasteiger partial charge in [0.15, 0.2) is 0 Å². The number of aliphatic hydroxyl groups excluding tert-OH is 1. The molecule has 0 radical (unpaired) electrons. The SMILES string of the molecule is CCCCCN(CCCCC)C(CO)CCCC. The Morgan fingerprint density at radius 2 is 1.28 bits per heavy atom. The van der Waals surface area contributed by atoms with Crippen LogP contribution in [0.15, 0.2) is 0 Å². The highest BCUT2D eigenvalue weighted by atomic mass is 16.3. The van der Waals surface area contributed by atoms with Crippen molar-refractivity contribution in [3.63, 3.8) is 0 Å². The summed E-state index contributed by atoms with van der Waals surface area (Å²) in [4.78, 5) is 2.54. The lowest BCUT2D eigenvalue weighted by atomic mass is 10.1. The van der Waals surface area contributed by atoms with Gasteiger partial charge in [0.05, 0.1) is 6.61 Å². The van der Waals surface area contributed by atoms with Gasteiger partial charge in [0.25, 0.3) is 0 Å². The van der Waals surface area contributed by atoms with Gasteiger partial charge in [0, 0.05) is 6.04 Å². The van der Waals surface area contributed by atoms with Crippen LogP contribution in [0.25, 0.3) is 0 Å². The van der Waals surface area contributed by atoms with Crippen molar-refractivity contribution in [1.82, 2.24) is 4.90 Å². The smallest absolute Gasteiger partial charge is 0.0586 e. The van der Waals surface area contributed by atoms with Gasteiger partial charge in [-0.15, -0.1) is 0 Å². The quantitative estimate of drug-likeness (QED) is 0.499. The molecule has 1 unspecified atom stereocenters. The molecule has 1 N–H and O–H groups in total. The van der Waals surface area contributed by atoms with Crippen molar-refractivity contribution in [2.45, 2.75) is 84.6 Å². The van der Waals surface area contributed by atoms with Crippen molar-refractivity contribution < 1.29 is 5.11 Å². The van der Waals surface area contributed by atoms with Gasteiger partial charge >= 0.3 is 0 Å². The molecule has 0 aliphatic carbocycles. The van der Waals surface area contributed by atoms with E-state index in [2.05, 4.69) is 25.7 Å². The molecule has 0 aromatic rings. The summed E-state index contributed by atoms with van der Waals surface area (Å²) in [6.07, 6.45) is 11.4. The number of hydrogen-bond donors (Lipinski definition) is 1. The van der Waals surface area contributed by atoms with Crippen LogP contribution in [-0.4, -0.2) is 35.7 Å². The average molecular weight is 257 g/mol. The zero-order valence-electron chi connectivity index (χ0n) is 13.0. The van der Waals surface area contributed by atoms with Gasteiger partial charge in [-0.2, -0.15) is 0 Å². The van der Waals surface area contributed by atoms with Crippen molar-refractivity contribution >= 4 is 0 Å². The van der Waals surface area contributed by atoms with Gasteiger partial charge in [-0.25, -0.2) is 0 Å². The van der Waals surface area contributed by atoms with Crippen LogP contribution in [0.2, 0.25) is 0 Å². The lowest BCUT2D eigenvalue weighted by Crippen LogP contribution is -2.39. The molecule has 2 heteroatoms. The summed E-state index contributed by atoms with van der Waals surface area (Å²) >= 11 is 0. The Balaban J connectivity index is 4.11. The Kier molecular flexibility index (Phi) is 13.3. The van der Waals surface area contributed by atoms with E-state index < -0.39 is 0 Å². The normalized spacial score (nSPS) is 13.2. The molecule has 110 valence electrons. The van der Waals surface area contributed by atoms with Crippen molar-refractivity contribution in [3.05, 3.63) is 0 Å². The second-order valence-electron chi connectivity index (χ2n) is 5.43. The highest BCUT2D eigenvalue weighted by Gasteiger charge is 2.16. The monoisotopic (exact) mass is 257 g/mol. The molecule has 0 amide bonds. The molecule has 0 aliphatic rings. The predicted octanol–water partition coefficient (Wildman–Crippen LogP) is 4.22. The van der Waals surface area contributed by atoms with Crippen LogP contribution in [-0.2, 0) is 0 Å². The van der Waals surface area contributed by atoms with Crippen LogP contribution in [0.1, 0.15) is 78.6 Å². The fourth-order valence-corrected chi connectivity index (χ4v) is 2.44. The molecule has 2 nitrogen and oxygen atoms in total. The van der Waals surface area contributed by atoms with E-state index in [9.17, 15) is 5.11 Å². The molecule has 0 aromatic heterocycles. The Morgan fingerprint density at radius 3 is 1.67 bits per heavy atom. The minimum absolute atomic E-state index is 0.332. The van der Waals surface area contributed by atoms with Crippen molar-refractivity contribution in [2.75, 3.05) is 19.7 Å². The van der Waals surface area contributed by atoms with E-state index in [1.807, 2.05) is 0 Å². The minimum Gasteiger partial charge on any atom is -0.395 e. The largest absolute Gasteiger partial charge is 0.395 e. The first-order valence-corrected chi connectivity index (χ1v) is 8.14. The number of unbranched alkanes of at least 4 members (excludes halogenated alkanes) is 5. The van der Waals surface area contributed by atoms with E-state index >= 15 is 0 Å². The fourth-order valence-electron chi connectivity index (χ4n) is 2.44. The van der Waals surface area contributed by atoms with Crippen LogP contribution in [0, 0.1) is 0 Å². The molecule has 18 heavy (non-hydrogen) atoms. The first-order chi connectivity index (χ1) is 8.79. The Labute approximate surface area is 115 Å². The lowest BCUT2D eigenvalue weighted by Gasteiger charge is -2.30. The predicted molar refractivity (Wildman–Crippen MR) is 81.0 cm³/mol. The number of aliphatic hydroxyl groups is 1. The maximum Gasteiger partial charge on any atom is 0.0586 e. The standard InChI is InChI=1S/C16H35NO/c1-4-7-10-13-17(14-11-8-5-2)16(15-18)12-9-6-3/h16,18H,4-15H2,1-3H3. The van der Waals surface area contributed by atoms with Crippen molar-refractivity contribution in [3.8, 4) is 0 Å². The summed E-state index contributed by atoms with van der Waals surface area (Å²) in [5, 5.41) is 9.59. The van der Waals surface area contributed by atoms with E-state index in [0.717, 1.165) is 6.42 Å². The van der Waals surface area contributed by atoms with Crippen LogP contribution in [0.3, 0.4) is 0 Å². The van der Waals surface area contributed by atoms with Crippen LogP contribution in [0.4, 0.5) is 0 Å². The van der Waals surface area contributed by atoms with E-state index in [-0.39, 0.29) is 0 Å². The molecule has 0 fully saturated rings. The van der Waals surface area contributed by atoms with Crippen LogP contribution in [0.5, 0.6) is 0 Å². The third-order valence-corrected chi connectivity index (χ3v) is 3.72. The van der Waals surface area contributed by atoms with Crippen molar-refractivity contribution in [1.29, 1.82) is 0 Å². The summed E-state index contributed by atoms with van der Waals surface area (Å²) < 4.78 is 0. The molecule has 0 aromatic carbocycles. The second kappa shape index (κ2) is 13.4. The van der Waals surface area contributed by atoms with Gasteiger partial charge in [-0.1, -0.05) is 59.3 Å². The molecular weight excluding hydrogens is 222 g/mol. The number of hydrogen-bond acceptors (Lipinski definition) is 2. The Hall–Kier alpha value is -0.0800.